The van der Waals surface area contributed by atoms with Crippen molar-refractivity contribution in [1.82, 2.24) is 10.7 Å². The van der Waals surface area contributed by atoms with Crippen molar-refractivity contribution in [3.63, 3.8) is 0 Å². The molecule has 2 fully saturated rings. The molecule has 0 radical (unpaired) electrons. The van der Waals surface area contributed by atoms with Gasteiger partial charge < -0.3 is 15.2 Å². The van der Waals surface area contributed by atoms with Gasteiger partial charge in [-0.3, -0.25) is 10.2 Å². The predicted octanol–water partition coefficient (Wildman–Crippen LogP) is 3.97. The summed E-state index contributed by atoms with van der Waals surface area (Å²) in [5.74, 6) is -4.30. The highest BCUT2D eigenvalue weighted by molar-refractivity contribution is 6.43. The Morgan fingerprint density at radius 1 is 1.14 bits per heavy atom. The van der Waals surface area contributed by atoms with E-state index in [1.165, 1.54) is 37.5 Å². The Labute approximate surface area is 205 Å². The third-order valence-corrected chi connectivity index (χ3v) is 6.74. The molecule has 0 spiro atoms. The Balaban J connectivity index is 1.41. The molecular formula is C25H25F3N4O4. The number of carbonyl (C=O) groups excluding carboxylic acids is 2. The minimum absolute atomic E-state index is 0.122. The van der Waals surface area contributed by atoms with Crippen molar-refractivity contribution in [2.45, 2.75) is 63.0 Å². The number of amides is 1. The number of carbonyl (C=O) groups is 2. The van der Waals surface area contributed by atoms with E-state index in [9.17, 15) is 27.9 Å². The second-order valence-electron chi connectivity index (χ2n) is 9.20. The average Bonchev–Trinajstić information content (AvgIpc) is 3.06. The number of ether oxygens (including phenoxy) is 1. The maximum Gasteiger partial charge on any atom is 0.491 e. The monoisotopic (exact) mass is 502 g/mol. The van der Waals surface area contributed by atoms with E-state index in [-0.39, 0.29) is 11.5 Å². The first-order valence-corrected chi connectivity index (χ1v) is 11.8. The summed E-state index contributed by atoms with van der Waals surface area (Å²) in [4.78, 5) is 28.9. The smallest absolute Gasteiger partial charge is 0.491 e. The van der Waals surface area contributed by atoms with E-state index in [2.05, 4.69) is 15.7 Å². The van der Waals surface area contributed by atoms with Crippen molar-refractivity contribution in [3.05, 3.63) is 53.6 Å². The zero-order valence-corrected chi connectivity index (χ0v) is 19.2. The van der Waals surface area contributed by atoms with E-state index in [0.29, 0.717) is 29.5 Å². The molecule has 1 amide bonds. The van der Waals surface area contributed by atoms with Crippen molar-refractivity contribution in [1.29, 1.82) is 0 Å². The Morgan fingerprint density at radius 3 is 2.56 bits per heavy atom. The second kappa shape index (κ2) is 9.45. The number of hydrazine groups is 1. The molecule has 2 atom stereocenters. The standard InChI is InChI=1S/C25H25F3N4O4/c26-25(27,28)24(35)36-23-20-18-12-17(33)10-11-19(18)32(23)31-22(34)21(20)30-16-8-6-14(7-9-16)13-29-15-4-2-1-3-5-15/h6-12,15,20,23,29,33H,1-5,13H2,(H,31,34). The fourth-order valence-electron chi connectivity index (χ4n) is 4.98. The summed E-state index contributed by atoms with van der Waals surface area (Å²) in [6.07, 6.45) is -0.655. The molecule has 1 aliphatic carbocycles. The van der Waals surface area contributed by atoms with Crippen LogP contribution in [0, 0.1) is 0 Å². The molecule has 5 rings (SSSR count). The van der Waals surface area contributed by atoms with Crippen LogP contribution in [0.15, 0.2) is 47.5 Å². The summed E-state index contributed by atoms with van der Waals surface area (Å²) >= 11 is 0. The highest BCUT2D eigenvalue weighted by Crippen LogP contribution is 2.46. The van der Waals surface area contributed by atoms with Crippen LogP contribution in [0.3, 0.4) is 0 Å². The third kappa shape index (κ3) is 4.75. The Morgan fingerprint density at radius 2 is 1.86 bits per heavy atom. The summed E-state index contributed by atoms with van der Waals surface area (Å²) in [6.45, 7) is 0.696. The van der Waals surface area contributed by atoms with Crippen molar-refractivity contribution in [2.75, 3.05) is 5.01 Å². The fraction of sp³-hybridized carbons (Fsp3) is 0.400. The predicted molar refractivity (Wildman–Crippen MR) is 125 cm³/mol. The summed E-state index contributed by atoms with van der Waals surface area (Å²) in [7, 11) is 0. The second-order valence-corrected chi connectivity index (χ2v) is 9.20. The molecule has 2 unspecified atom stereocenters. The SMILES string of the molecule is O=C1NN2c3ccc(O)cc3C(C1=Nc1ccc(CNC3CCCCC3)cc1)C2OC(=O)C(F)(F)F. The van der Waals surface area contributed by atoms with Crippen LogP contribution in [0.25, 0.3) is 0 Å². The third-order valence-electron chi connectivity index (χ3n) is 6.74. The molecule has 2 aromatic rings. The van der Waals surface area contributed by atoms with Crippen molar-refractivity contribution < 1.29 is 32.6 Å². The van der Waals surface area contributed by atoms with Crippen LogP contribution in [0.2, 0.25) is 0 Å². The van der Waals surface area contributed by atoms with Gasteiger partial charge in [0.2, 0.25) is 6.23 Å². The maximum absolute atomic E-state index is 13.0. The number of hydrogen-bond donors (Lipinski definition) is 3. The van der Waals surface area contributed by atoms with Crippen molar-refractivity contribution in [3.8, 4) is 5.75 Å². The van der Waals surface area contributed by atoms with Gasteiger partial charge >= 0.3 is 12.1 Å². The number of hydrogen-bond acceptors (Lipinski definition) is 7. The first-order chi connectivity index (χ1) is 17.2. The van der Waals surface area contributed by atoms with Crippen LogP contribution in [-0.2, 0) is 20.9 Å². The summed E-state index contributed by atoms with van der Waals surface area (Å²) in [5, 5.41) is 14.6. The molecule has 1 saturated heterocycles. The summed E-state index contributed by atoms with van der Waals surface area (Å²) in [5.41, 5.74) is 4.42. The molecular weight excluding hydrogens is 477 g/mol. The molecule has 36 heavy (non-hydrogen) atoms. The molecule has 8 nitrogen and oxygen atoms in total. The van der Waals surface area contributed by atoms with Crippen LogP contribution in [0.4, 0.5) is 24.5 Å². The lowest BCUT2D eigenvalue weighted by Gasteiger charge is -2.34. The van der Waals surface area contributed by atoms with Gasteiger partial charge in [-0.05, 0) is 54.3 Å². The van der Waals surface area contributed by atoms with E-state index >= 15 is 0 Å². The van der Waals surface area contributed by atoms with Gasteiger partial charge in [0.25, 0.3) is 5.91 Å². The molecule has 2 heterocycles. The van der Waals surface area contributed by atoms with Gasteiger partial charge in [-0.25, -0.2) is 14.8 Å². The molecule has 2 bridgehead atoms. The first kappa shape index (κ1) is 24.1. The number of alkyl halides is 3. The number of phenolic OH excluding ortho intramolecular Hbond substituents is 1. The molecule has 190 valence electrons. The first-order valence-electron chi connectivity index (χ1n) is 11.8. The molecule has 3 aliphatic rings. The molecule has 1 saturated carbocycles. The fourth-order valence-corrected chi connectivity index (χ4v) is 4.98. The van der Waals surface area contributed by atoms with Crippen molar-refractivity contribution in [2.24, 2.45) is 4.99 Å². The van der Waals surface area contributed by atoms with E-state index in [1.807, 2.05) is 12.1 Å². The van der Waals surface area contributed by atoms with E-state index in [4.69, 9.17) is 4.74 Å². The van der Waals surface area contributed by atoms with Gasteiger partial charge in [0.05, 0.1) is 17.3 Å². The van der Waals surface area contributed by atoms with Crippen LogP contribution < -0.4 is 15.8 Å². The number of phenols is 1. The number of nitrogens with one attached hydrogen (secondary N) is 2. The molecule has 2 aliphatic heterocycles. The van der Waals surface area contributed by atoms with Gasteiger partial charge in [-0.2, -0.15) is 13.2 Å². The Bertz CT molecular complexity index is 1190. The van der Waals surface area contributed by atoms with Gasteiger partial charge in [0.15, 0.2) is 0 Å². The minimum atomic E-state index is -5.21. The number of esters is 1. The Kier molecular flexibility index (Phi) is 6.33. The highest BCUT2D eigenvalue weighted by atomic mass is 19.4. The van der Waals surface area contributed by atoms with Crippen molar-refractivity contribution >= 4 is 29.0 Å². The average molecular weight is 502 g/mol. The van der Waals surface area contributed by atoms with Crippen LogP contribution in [-0.4, -0.2) is 41.1 Å². The molecule has 0 aromatic heterocycles. The maximum atomic E-state index is 13.0. The van der Waals surface area contributed by atoms with Gasteiger partial charge in [0, 0.05) is 12.6 Å². The number of fused-ring (bicyclic) bond motifs is 5. The Hall–Kier alpha value is -3.60. The zero-order chi connectivity index (χ0) is 25.4. The number of aliphatic imine (C=N–C) groups is 1. The summed E-state index contributed by atoms with van der Waals surface area (Å²) < 4.78 is 43.6. The van der Waals surface area contributed by atoms with E-state index in [0.717, 1.165) is 23.4 Å². The summed E-state index contributed by atoms with van der Waals surface area (Å²) in [6, 6.07) is 11.8. The quantitative estimate of drug-likeness (QED) is 0.535. The van der Waals surface area contributed by atoms with Crippen LogP contribution >= 0.6 is 0 Å². The number of rotatable bonds is 5. The number of benzene rings is 2. The topological polar surface area (TPSA) is 103 Å². The molecule has 11 heteroatoms. The lowest BCUT2D eigenvalue weighted by molar-refractivity contribution is -0.205. The van der Waals surface area contributed by atoms with Crippen LogP contribution in [0.1, 0.15) is 49.1 Å². The normalized spacial score (nSPS) is 22.9. The minimum Gasteiger partial charge on any atom is -0.508 e. The molecule has 3 N–H and O–H groups in total. The molecule has 2 aromatic carbocycles. The lowest BCUT2D eigenvalue weighted by atomic mass is 9.93. The van der Waals surface area contributed by atoms with Gasteiger partial charge in [-0.15, -0.1) is 0 Å². The van der Waals surface area contributed by atoms with Gasteiger partial charge in [-0.1, -0.05) is 31.4 Å². The number of halogens is 3. The van der Waals surface area contributed by atoms with Gasteiger partial charge in [0.1, 0.15) is 11.5 Å². The van der Waals surface area contributed by atoms with E-state index in [1.54, 1.807) is 12.1 Å². The zero-order valence-electron chi connectivity index (χ0n) is 19.2. The number of nitrogens with zero attached hydrogens (tertiary/aromatic N) is 2. The largest absolute Gasteiger partial charge is 0.508 e. The number of aromatic hydroxyl groups is 1. The highest BCUT2D eigenvalue weighted by Gasteiger charge is 2.54. The number of anilines is 1. The van der Waals surface area contributed by atoms with E-state index < -0.39 is 30.2 Å². The lowest BCUT2D eigenvalue weighted by Crippen LogP contribution is -2.59. The van der Waals surface area contributed by atoms with Crippen LogP contribution in [0.5, 0.6) is 5.75 Å².